The summed E-state index contributed by atoms with van der Waals surface area (Å²) in [5, 5.41) is 3.89. The standard InChI is InChI=1S/C15H19BrN2OS/c1-9(2)5-4-8-18-15(19)14-13(17)12-10(16)6-3-7-11(12)20-14/h3,6-7,9H,4-5,8,17H2,1-2H3,(H,18,19). The van der Waals surface area contributed by atoms with E-state index in [1.807, 2.05) is 18.2 Å². The number of anilines is 1. The molecule has 0 fully saturated rings. The molecule has 1 aromatic heterocycles. The Kier molecular flexibility index (Phi) is 5.05. The fraction of sp³-hybridized carbons (Fsp3) is 0.400. The number of amides is 1. The van der Waals surface area contributed by atoms with Crippen LogP contribution in [-0.2, 0) is 0 Å². The molecule has 0 bridgehead atoms. The molecule has 1 heterocycles. The van der Waals surface area contributed by atoms with Crippen LogP contribution in [0.5, 0.6) is 0 Å². The van der Waals surface area contributed by atoms with E-state index in [4.69, 9.17) is 5.73 Å². The van der Waals surface area contributed by atoms with Gasteiger partial charge in [-0.15, -0.1) is 11.3 Å². The van der Waals surface area contributed by atoms with E-state index < -0.39 is 0 Å². The highest BCUT2D eigenvalue weighted by Crippen LogP contribution is 2.37. The second-order valence-corrected chi connectivity index (χ2v) is 7.16. The Morgan fingerprint density at radius 2 is 2.20 bits per heavy atom. The number of nitrogens with two attached hydrogens (primary N) is 1. The smallest absolute Gasteiger partial charge is 0.263 e. The third-order valence-corrected chi connectivity index (χ3v) is 4.98. The van der Waals surface area contributed by atoms with Gasteiger partial charge in [-0.1, -0.05) is 35.8 Å². The Balaban J connectivity index is 2.11. The highest BCUT2D eigenvalue weighted by atomic mass is 79.9. The van der Waals surface area contributed by atoms with Crippen LogP contribution in [0.15, 0.2) is 22.7 Å². The van der Waals surface area contributed by atoms with Gasteiger partial charge in [0.15, 0.2) is 0 Å². The van der Waals surface area contributed by atoms with Gasteiger partial charge in [0, 0.05) is 21.1 Å². The van der Waals surface area contributed by atoms with E-state index in [0.29, 0.717) is 23.0 Å². The SMILES string of the molecule is CC(C)CCCNC(=O)c1sc2cccc(Br)c2c1N. The molecule has 0 aliphatic rings. The van der Waals surface area contributed by atoms with Crippen LogP contribution < -0.4 is 11.1 Å². The maximum atomic E-state index is 12.2. The van der Waals surface area contributed by atoms with E-state index in [1.165, 1.54) is 11.3 Å². The van der Waals surface area contributed by atoms with E-state index in [2.05, 4.69) is 35.1 Å². The Hall–Kier alpha value is -1.07. The molecule has 5 heteroatoms. The summed E-state index contributed by atoms with van der Waals surface area (Å²) >= 11 is 4.93. The molecule has 108 valence electrons. The lowest BCUT2D eigenvalue weighted by atomic mass is 10.1. The number of benzene rings is 1. The summed E-state index contributed by atoms with van der Waals surface area (Å²) in [6, 6.07) is 5.87. The maximum Gasteiger partial charge on any atom is 0.263 e. The predicted molar refractivity (Wildman–Crippen MR) is 90.3 cm³/mol. The lowest BCUT2D eigenvalue weighted by molar-refractivity contribution is 0.0957. The van der Waals surface area contributed by atoms with Crippen molar-refractivity contribution in [3.8, 4) is 0 Å². The van der Waals surface area contributed by atoms with Crippen molar-refractivity contribution in [2.24, 2.45) is 5.92 Å². The third-order valence-electron chi connectivity index (χ3n) is 3.15. The summed E-state index contributed by atoms with van der Waals surface area (Å²) in [7, 11) is 0. The van der Waals surface area contributed by atoms with Crippen LogP contribution >= 0.6 is 27.3 Å². The second-order valence-electron chi connectivity index (χ2n) is 5.25. The molecule has 2 rings (SSSR count). The normalized spacial score (nSPS) is 11.2. The number of carbonyl (C=O) groups excluding carboxylic acids is 1. The van der Waals surface area contributed by atoms with Gasteiger partial charge in [-0.05, 0) is 30.9 Å². The van der Waals surface area contributed by atoms with E-state index >= 15 is 0 Å². The molecule has 0 saturated carbocycles. The van der Waals surface area contributed by atoms with Gasteiger partial charge in [-0.25, -0.2) is 0 Å². The third kappa shape index (κ3) is 3.33. The van der Waals surface area contributed by atoms with Gasteiger partial charge in [-0.2, -0.15) is 0 Å². The Morgan fingerprint density at radius 1 is 1.45 bits per heavy atom. The zero-order valence-electron chi connectivity index (χ0n) is 11.7. The van der Waals surface area contributed by atoms with Crippen molar-refractivity contribution in [2.75, 3.05) is 12.3 Å². The van der Waals surface area contributed by atoms with Crippen molar-refractivity contribution in [3.05, 3.63) is 27.5 Å². The molecule has 0 unspecified atom stereocenters. The zero-order chi connectivity index (χ0) is 14.7. The number of thiophene rings is 1. The van der Waals surface area contributed by atoms with Crippen molar-refractivity contribution in [1.82, 2.24) is 5.32 Å². The number of hydrogen-bond acceptors (Lipinski definition) is 3. The molecule has 1 amide bonds. The van der Waals surface area contributed by atoms with Crippen LogP contribution in [0.4, 0.5) is 5.69 Å². The molecule has 0 saturated heterocycles. The lowest BCUT2D eigenvalue weighted by Crippen LogP contribution is -2.24. The highest BCUT2D eigenvalue weighted by molar-refractivity contribution is 9.10. The molecule has 0 atom stereocenters. The van der Waals surface area contributed by atoms with Crippen LogP contribution in [0.25, 0.3) is 10.1 Å². The molecule has 0 spiro atoms. The number of halogens is 1. The minimum Gasteiger partial charge on any atom is -0.397 e. The molecule has 0 aliphatic carbocycles. The van der Waals surface area contributed by atoms with Crippen molar-refractivity contribution in [1.29, 1.82) is 0 Å². The van der Waals surface area contributed by atoms with Crippen LogP contribution in [0.1, 0.15) is 36.4 Å². The summed E-state index contributed by atoms with van der Waals surface area (Å²) in [6.07, 6.45) is 2.12. The fourth-order valence-electron chi connectivity index (χ4n) is 2.09. The minimum absolute atomic E-state index is 0.0700. The monoisotopic (exact) mass is 354 g/mol. The Bertz CT molecular complexity index is 622. The van der Waals surface area contributed by atoms with Gasteiger partial charge in [0.05, 0.1) is 5.69 Å². The molecule has 0 aliphatic heterocycles. The molecular formula is C15H19BrN2OS. The van der Waals surface area contributed by atoms with Crippen LogP contribution in [0.3, 0.4) is 0 Å². The summed E-state index contributed by atoms with van der Waals surface area (Å²) in [5.74, 6) is 0.594. The fourth-order valence-corrected chi connectivity index (χ4v) is 3.87. The Labute approximate surface area is 131 Å². The summed E-state index contributed by atoms with van der Waals surface area (Å²) in [5.41, 5.74) is 6.68. The molecule has 20 heavy (non-hydrogen) atoms. The van der Waals surface area contributed by atoms with Gasteiger partial charge in [0.1, 0.15) is 4.88 Å². The van der Waals surface area contributed by atoms with Crippen LogP contribution in [0.2, 0.25) is 0 Å². The van der Waals surface area contributed by atoms with E-state index in [9.17, 15) is 4.79 Å². The van der Waals surface area contributed by atoms with Gasteiger partial charge in [0.2, 0.25) is 0 Å². The van der Waals surface area contributed by atoms with Gasteiger partial charge < -0.3 is 11.1 Å². The maximum absolute atomic E-state index is 12.2. The number of hydrogen-bond donors (Lipinski definition) is 2. The van der Waals surface area contributed by atoms with Gasteiger partial charge in [0.25, 0.3) is 5.91 Å². The lowest BCUT2D eigenvalue weighted by Gasteiger charge is -2.06. The topological polar surface area (TPSA) is 55.1 Å². The molecular weight excluding hydrogens is 336 g/mol. The number of nitrogen functional groups attached to an aromatic ring is 1. The summed E-state index contributed by atoms with van der Waals surface area (Å²) in [4.78, 5) is 12.8. The molecule has 1 aromatic carbocycles. The average molecular weight is 355 g/mol. The highest BCUT2D eigenvalue weighted by Gasteiger charge is 2.17. The minimum atomic E-state index is -0.0700. The largest absolute Gasteiger partial charge is 0.397 e. The van der Waals surface area contributed by atoms with E-state index in [0.717, 1.165) is 27.4 Å². The number of carbonyl (C=O) groups is 1. The van der Waals surface area contributed by atoms with Crippen molar-refractivity contribution >= 4 is 48.9 Å². The first-order valence-electron chi connectivity index (χ1n) is 6.75. The van der Waals surface area contributed by atoms with Crippen LogP contribution in [0, 0.1) is 5.92 Å². The first-order chi connectivity index (χ1) is 9.50. The summed E-state index contributed by atoms with van der Waals surface area (Å²) in [6.45, 7) is 5.07. The van der Waals surface area contributed by atoms with Gasteiger partial charge in [-0.3, -0.25) is 4.79 Å². The summed E-state index contributed by atoms with van der Waals surface area (Å²) < 4.78 is 1.96. The number of fused-ring (bicyclic) bond motifs is 1. The van der Waals surface area contributed by atoms with Crippen molar-refractivity contribution < 1.29 is 4.79 Å². The zero-order valence-corrected chi connectivity index (χ0v) is 14.1. The van der Waals surface area contributed by atoms with E-state index in [-0.39, 0.29) is 5.91 Å². The second kappa shape index (κ2) is 6.59. The molecule has 2 aromatic rings. The molecule has 3 nitrogen and oxygen atoms in total. The van der Waals surface area contributed by atoms with Crippen molar-refractivity contribution in [3.63, 3.8) is 0 Å². The Morgan fingerprint density at radius 3 is 2.85 bits per heavy atom. The van der Waals surface area contributed by atoms with Gasteiger partial charge >= 0.3 is 0 Å². The van der Waals surface area contributed by atoms with E-state index in [1.54, 1.807) is 0 Å². The average Bonchev–Trinajstić information content (AvgIpc) is 2.73. The quantitative estimate of drug-likeness (QED) is 0.781. The first kappa shape index (κ1) is 15.3. The van der Waals surface area contributed by atoms with Crippen molar-refractivity contribution in [2.45, 2.75) is 26.7 Å². The predicted octanol–water partition coefficient (Wildman–Crippen LogP) is 4.41. The number of nitrogens with one attached hydrogen (secondary N) is 1. The molecule has 0 radical (unpaired) electrons. The van der Waals surface area contributed by atoms with Crippen LogP contribution in [-0.4, -0.2) is 12.5 Å². The molecule has 3 N–H and O–H groups in total. The number of rotatable bonds is 5. The first-order valence-corrected chi connectivity index (χ1v) is 8.36.